The first-order valence-corrected chi connectivity index (χ1v) is 33.3. The number of carbonyl (C=O) groups is 3. The van der Waals surface area contributed by atoms with Gasteiger partial charge in [0.1, 0.15) is 23.4 Å². The molecule has 3 amide bonds. The summed E-state index contributed by atoms with van der Waals surface area (Å²) in [5.41, 5.74) is 0.404. The van der Waals surface area contributed by atoms with E-state index in [-0.39, 0.29) is 108 Å². The second-order valence-corrected chi connectivity index (χ2v) is 28.9. The summed E-state index contributed by atoms with van der Waals surface area (Å²) in [5.74, 6) is -1.67. The zero-order chi connectivity index (χ0) is 66.1. The first kappa shape index (κ1) is 67.3. The number of benzene rings is 3. The van der Waals surface area contributed by atoms with Gasteiger partial charge in [0.2, 0.25) is 23.7 Å². The van der Waals surface area contributed by atoms with Crippen LogP contribution in [0.15, 0.2) is 83.3 Å². The Hall–Kier alpha value is -7.63. The number of anilines is 4. The van der Waals surface area contributed by atoms with Gasteiger partial charge in [-0.25, -0.2) is 17.8 Å². The number of thiazole rings is 1. The number of nitrogens with one attached hydrogen (secondary N) is 5. The molecule has 2 saturated heterocycles. The molecule has 23 nitrogen and oxygen atoms in total. The molecule has 1 aliphatic carbocycles. The molecule has 4 atom stereocenters. The molecule has 0 unspecified atom stereocenters. The van der Waals surface area contributed by atoms with Gasteiger partial charge in [-0.1, -0.05) is 56.6 Å². The van der Waals surface area contributed by atoms with Crippen molar-refractivity contribution in [3.8, 4) is 33.7 Å². The number of ether oxygens (including phenoxy) is 5. The third-order valence-corrected chi connectivity index (χ3v) is 18.6. The second-order valence-electron chi connectivity index (χ2n) is 25.6. The predicted octanol–water partition coefficient (Wildman–Crippen LogP) is 8.85. The number of alkyl halides is 3. The number of halogens is 4. The number of aliphatic hydroxyl groups excluding tert-OH is 1. The van der Waals surface area contributed by atoms with E-state index in [0.717, 1.165) is 22.4 Å². The van der Waals surface area contributed by atoms with E-state index in [4.69, 9.17) is 50.2 Å². The lowest BCUT2D eigenvalue weighted by Gasteiger charge is -2.35. The summed E-state index contributed by atoms with van der Waals surface area (Å²) < 4.78 is 99.7. The predicted molar refractivity (Wildman–Crippen MR) is 339 cm³/mol. The fraction of sp³-hybridized carbons (Fsp3) is 0.492. The Morgan fingerprint density at radius 3 is 2.36 bits per heavy atom. The average Bonchev–Trinajstić information content (AvgIpc) is 1.52. The topological polar surface area (TPSA) is 283 Å². The number of pyridine rings is 1. The molecule has 6 heterocycles. The van der Waals surface area contributed by atoms with Gasteiger partial charge in [0.05, 0.1) is 74.0 Å². The average molecular weight is 1330 g/mol. The lowest BCUT2D eigenvalue weighted by molar-refractivity contribution is -0.287. The molecule has 0 bridgehead atoms. The molecule has 0 spiro atoms. The number of amides is 3. The Kier molecular flexibility index (Phi) is 19.6. The number of hydrogen-bond acceptors (Lipinski definition) is 21. The molecule has 494 valence electrons. The Morgan fingerprint density at radius 1 is 0.913 bits per heavy atom. The number of nitrogens with zero attached hydrogens (tertiary/aromatic N) is 7. The van der Waals surface area contributed by atoms with Crippen LogP contribution in [0.3, 0.4) is 0 Å². The minimum Gasteiger partial charge on any atom is -0.493 e. The van der Waals surface area contributed by atoms with Crippen LogP contribution in [-0.2, 0) is 35.5 Å². The fourth-order valence-electron chi connectivity index (χ4n) is 10.8. The van der Waals surface area contributed by atoms with E-state index in [9.17, 15) is 41.1 Å². The molecule has 10 rings (SSSR count). The van der Waals surface area contributed by atoms with Crippen molar-refractivity contribution in [3.05, 3.63) is 106 Å². The van der Waals surface area contributed by atoms with Gasteiger partial charge in [0.25, 0.3) is 5.91 Å². The quantitative estimate of drug-likeness (QED) is 0.0312. The Balaban J connectivity index is 0.820. The standard InChI is InChI=1S/C63H76ClF3N12O11S2/c1-36-51(91-35-71-36)37-15-16-38(33-70-53(81)45-31-39(80)34-79(45)54(82)52(59(2,3)4)74-55(83)62(65)19-20-62)47(30-37)86-28-21-60(5,6)87-29-22-61(7,8)90-58-76-56(75-57(77-58)78-26-24-68-25-27-78)73-44-32-40(92(9,84)85)17-18-43(44)72-48(49-42(64)13-11-23-69-49)41-12-10-14-46-50(41)89-63(66,67)88-46/h10-18,23,30,32,35,39,45,48,52,68,72,80H,19-22,24-29,31,33-34H2,1-9H3,(H,70,81)(H,74,83)(H,73,75,76,77)/t39-,45+,48+,52-/m1/s1. The highest BCUT2D eigenvalue weighted by Gasteiger charge is 2.54. The van der Waals surface area contributed by atoms with Crippen molar-refractivity contribution in [3.63, 3.8) is 0 Å². The van der Waals surface area contributed by atoms with Crippen LogP contribution in [0.25, 0.3) is 10.4 Å². The Labute approximate surface area is 540 Å². The molecule has 6 N–H and O–H groups in total. The Bertz CT molecular complexity index is 3830. The van der Waals surface area contributed by atoms with Crippen molar-refractivity contribution in [2.45, 2.75) is 146 Å². The number of aromatic nitrogens is 5. The number of fused-ring (bicyclic) bond motifs is 1. The van der Waals surface area contributed by atoms with Crippen LogP contribution in [0.1, 0.15) is 109 Å². The van der Waals surface area contributed by atoms with Gasteiger partial charge < -0.3 is 65.2 Å². The zero-order valence-corrected chi connectivity index (χ0v) is 54.9. The lowest BCUT2D eigenvalue weighted by Crippen LogP contribution is -2.59. The van der Waals surface area contributed by atoms with E-state index < -0.39 is 80.4 Å². The van der Waals surface area contributed by atoms with Crippen LogP contribution in [0, 0.1) is 12.3 Å². The highest BCUT2D eigenvalue weighted by atomic mass is 35.5. The summed E-state index contributed by atoms with van der Waals surface area (Å²) in [4.78, 5) is 68.3. The van der Waals surface area contributed by atoms with E-state index in [1.165, 1.54) is 52.8 Å². The van der Waals surface area contributed by atoms with Gasteiger partial charge in [0.15, 0.2) is 27.0 Å². The van der Waals surface area contributed by atoms with E-state index in [1.54, 1.807) is 44.5 Å². The number of sulfone groups is 1. The number of piperazine rings is 1. The molecule has 1 saturated carbocycles. The van der Waals surface area contributed by atoms with Crippen LogP contribution in [-0.4, -0.2) is 155 Å². The van der Waals surface area contributed by atoms with Crippen LogP contribution < -0.4 is 50.4 Å². The highest BCUT2D eigenvalue weighted by molar-refractivity contribution is 7.90. The number of para-hydroxylation sites is 1. The molecule has 0 radical (unpaired) electrons. The van der Waals surface area contributed by atoms with Crippen molar-refractivity contribution < 1.29 is 64.8 Å². The largest absolute Gasteiger partial charge is 0.586 e. The van der Waals surface area contributed by atoms with E-state index >= 15 is 0 Å². The van der Waals surface area contributed by atoms with Crippen molar-refractivity contribution in [2.75, 3.05) is 67.7 Å². The van der Waals surface area contributed by atoms with Crippen molar-refractivity contribution >= 4 is 73.8 Å². The molecule has 92 heavy (non-hydrogen) atoms. The minimum atomic E-state index is -3.95. The number of carbonyl (C=O) groups excluding carboxylic acids is 3. The monoisotopic (exact) mass is 1330 g/mol. The second kappa shape index (κ2) is 26.8. The molecule has 3 aliphatic heterocycles. The first-order valence-electron chi connectivity index (χ1n) is 30.2. The number of aliphatic hydroxyl groups is 1. The molecule has 4 aliphatic rings. The molecular weight excluding hydrogens is 1260 g/mol. The van der Waals surface area contributed by atoms with Gasteiger partial charge >= 0.3 is 12.3 Å². The van der Waals surface area contributed by atoms with Crippen LogP contribution in [0.2, 0.25) is 5.02 Å². The molecule has 3 fully saturated rings. The van der Waals surface area contributed by atoms with Gasteiger partial charge in [-0.15, -0.1) is 20.1 Å². The number of rotatable bonds is 25. The summed E-state index contributed by atoms with van der Waals surface area (Å²) in [6.45, 7) is 17.4. The minimum absolute atomic E-state index is 0.00663. The summed E-state index contributed by atoms with van der Waals surface area (Å²) in [6, 6.07) is 14.2. The van der Waals surface area contributed by atoms with Gasteiger partial charge in [-0.2, -0.15) is 15.0 Å². The zero-order valence-electron chi connectivity index (χ0n) is 52.5. The maximum atomic E-state index is 14.8. The van der Waals surface area contributed by atoms with Crippen LogP contribution in [0.5, 0.6) is 23.3 Å². The molecule has 6 aromatic rings. The van der Waals surface area contributed by atoms with Crippen molar-refractivity contribution in [1.82, 2.24) is 45.8 Å². The lowest BCUT2D eigenvalue weighted by atomic mass is 9.85. The van der Waals surface area contributed by atoms with Crippen LogP contribution in [0.4, 0.5) is 36.4 Å². The normalized spacial score (nSPS) is 18.4. The first-order chi connectivity index (χ1) is 43.3. The van der Waals surface area contributed by atoms with Gasteiger partial charge in [-0.3, -0.25) is 19.4 Å². The fourth-order valence-corrected chi connectivity index (χ4v) is 12.4. The highest BCUT2D eigenvalue weighted by Crippen LogP contribution is 2.48. The van der Waals surface area contributed by atoms with E-state index in [2.05, 4.69) is 36.6 Å². The van der Waals surface area contributed by atoms with Gasteiger partial charge in [0, 0.05) is 82.1 Å². The smallest absolute Gasteiger partial charge is 0.493 e. The summed E-state index contributed by atoms with van der Waals surface area (Å²) in [7, 11) is -3.80. The van der Waals surface area contributed by atoms with Gasteiger partial charge in [-0.05, 0) is 101 Å². The maximum absolute atomic E-state index is 14.8. The van der Waals surface area contributed by atoms with E-state index in [0.29, 0.717) is 50.3 Å². The molecule has 29 heteroatoms. The summed E-state index contributed by atoms with van der Waals surface area (Å²) >= 11 is 8.21. The third kappa shape index (κ3) is 16.2. The van der Waals surface area contributed by atoms with Crippen molar-refractivity contribution in [2.24, 2.45) is 5.41 Å². The maximum Gasteiger partial charge on any atom is 0.586 e. The summed E-state index contributed by atoms with van der Waals surface area (Å²) in [6.07, 6.45) is -1.51. The van der Waals surface area contributed by atoms with Crippen LogP contribution >= 0.6 is 22.9 Å². The molecule has 3 aromatic heterocycles. The van der Waals surface area contributed by atoms with Crippen molar-refractivity contribution in [1.29, 1.82) is 0 Å². The third-order valence-electron chi connectivity index (χ3n) is 16.2. The number of aryl methyl sites for hydroxylation is 1. The SMILES string of the molecule is Cc1ncsc1-c1ccc(CNC(=O)[C@@H]2C[C@@H](O)CN2C(=O)[C@@H](NC(=O)C2(F)CC2)C(C)(C)C)c(OCCC(C)(C)OCCC(C)(C)Oc2nc(Nc3cc(S(C)(=O)=O)ccc3N[C@@H](c3cccc4c3OC(F)(F)O4)c3ncccc3Cl)nc(N3CCNCC3)n2)c1. The Morgan fingerprint density at radius 2 is 1.66 bits per heavy atom. The number of β-amino-alcohol motifs (C(OH)–C–C–N with tert-alkyl or cyclic N) is 1. The summed E-state index contributed by atoms with van der Waals surface area (Å²) in [5, 5.41) is 26.4. The molecular formula is C63H76ClF3N12O11S2. The van der Waals surface area contributed by atoms with E-state index in [1.807, 2.05) is 57.7 Å². The number of hydrogen-bond donors (Lipinski definition) is 6. The molecule has 3 aromatic carbocycles. The number of likely N-dealkylation sites (tertiary alicyclic amines) is 1.